The third-order valence-corrected chi connectivity index (χ3v) is 3.42. The minimum Gasteiger partial charge on any atom is -0.496 e. The maximum atomic E-state index is 5.44. The Morgan fingerprint density at radius 1 is 1.40 bits per heavy atom. The van der Waals surface area contributed by atoms with Gasteiger partial charge in [0.05, 0.1) is 7.11 Å². The van der Waals surface area contributed by atoms with E-state index in [0.29, 0.717) is 11.3 Å². The van der Waals surface area contributed by atoms with Crippen molar-refractivity contribution in [3.8, 4) is 5.75 Å². The Labute approximate surface area is 91.6 Å². The summed E-state index contributed by atoms with van der Waals surface area (Å²) < 4.78 is 5.44. The second-order valence-corrected chi connectivity index (χ2v) is 4.92. The van der Waals surface area contributed by atoms with Crippen molar-refractivity contribution in [1.29, 1.82) is 0 Å². The van der Waals surface area contributed by atoms with Crippen molar-refractivity contribution in [2.75, 3.05) is 19.5 Å². The molecule has 15 heavy (non-hydrogen) atoms. The molecule has 0 radical (unpaired) electrons. The molecule has 2 rings (SSSR count). The maximum absolute atomic E-state index is 5.44. The van der Waals surface area contributed by atoms with Gasteiger partial charge < -0.3 is 10.1 Å². The summed E-state index contributed by atoms with van der Waals surface area (Å²) in [4.78, 5) is 0. The van der Waals surface area contributed by atoms with Crippen molar-refractivity contribution in [2.24, 2.45) is 5.41 Å². The molecule has 0 aliphatic heterocycles. The summed E-state index contributed by atoms with van der Waals surface area (Å²) in [7, 11) is 3.71. The van der Waals surface area contributed by atoms with Crippen LogP contribution in [-0.2, 0) is 0 Å². The molecule has 1 aromatic rings. The Bertz CT molecular complexity index is 349. The van der Waals surface area contributed by atoms with Crippen LogP contribution in [0.4, 0.5) is 5.69 Å². The first-order valence-corrected chi connectivity index (χ1v) is 5.45. The summed E-state index contributed by atoms with van der Waals surface area (Å²) in [6, 6.07) is 6.19. The first-order valence-electron chi connectivity index (χ1n) is 5.45. The molecule has 0 bridgehead atoms. The van der Waals surface area contributed by atoms with Crippen LogP contribution in [0, 0.1) is 5.41 Å². The molecule has 1 N–H and O–H groups in total. The average molecular weight is 205 g/mol. The van der Waals surface area contributed by atoms with Gasteiger partial charge in [0, 0.05) is 18.3 Å². The van der Waals surface area contributed by atoms with E-state index >= 15 is 0 Å². The lowest BCUT2D eigenvalue weighted by Crippen LogP contribution is -2.00. The molecule has 1 unspecified atom stereocenters. The molecule has 0 aromatic heterocycles. The highest BCUT2D eigenvalue weighted by molar-refractivity contribution is 5.61. The normalized spacial score (nSPS) is 22.3. The number of nitrogens with one attached hydrogen (secondary N) is 1. The smallest absolute Gasteiger partial charge is 0.124 e. The van der Waals surface area contributed by atoms with E-state index in [1.54, 1.807) is 7.11 Å². The fraction of sp³-hybridized carbons (Fsp3) is 0.538. The molecule has 2 nitrogen and oxygen atoms in total. The van der Waals surface area contributed by atoms with E-state index in [-0.39, 0.29) is 0 Å². The standard InChI is InChI=1S/C13H19NO/c1-13(2)8-9(13)12-10(14-3)6-5-7-11(12)15-4/h5-7,9,14H,8H2,1-4H3. The summed E-state index contributed by atoms with van der Waals surface area (Å²) in [6.45, 7) is 4.62. The van der Waals surface area contributed by atoms with Gasteiger partial charge in [0.15, 0.2) is 0 Å². The van der Waals surface area contributed by atoms with Crippen molar-refractivity contribution in [1.82, 2.24) is 0 Å². The second kappa shape index (κ2) is 3.44. The van der Waals surface area contributed by atoms with Gasteiger partial charge >= 0.3 is 0 Å². The van der Waals surface area contributed by atoms with Crippen molar-refractivity contribution in [3.05, 3.63) is 23.8 Å². The summed E-state index contributed by atoms with van der Waals surface area (Å²) in [5.41, 5.74) is 2.97. The second-order valence-electron chi connectivity index (χ2n) is 4.92. The Morgan fingerprint density at radius 2 is 2.07 bits per heavy atom. The Balaban J connectivity index is 2.43. The molecule has 1 aromatic carbocycles. The highest BCUT2D eigenvalue weighted by Crippen LogP contribution is 2.61. The topological polar surface area (TPSA) is 21.3 Å². The number of anilines is 1. The molecule has 0 saturated heterocycles. The van der Waals surface area contributed by atoms with Gasteiger partial charge in [0.25, 0.3) is 0 Å². The molecule has 82 valence electrons. The number of ether oxygens (including phenoxy) is 1. The lowest BCUT2D eigenvalue weighted by molar-refractivity contribution is 0.408. The van der Waals surface area contributed by atoms with Gasteiger partial charge in [-0.2, -0.15) is 0 Å². The van der Waals surface area contributed by atoms with Crippen LogP contribution in [0.15, 0.2) is 18.2 Å². The monoisotopic (exact) mass is 205 g/mol. The molecule has 2 heteroatoms. The van der Waals surface area contributed by atoms with Crippen molar-refractivity contribution in [2.45, 2.75) is 26.2 Å². The molecule has 1 atom stereocenters. The van der Waals surface area contributed by atoms with Crippen molar-refractivity contribution in [3.63, 3.8) is 0 Å². The van der Waals surface area contributed by atoms with Crippen molar-refractivity contribution < 1.29 is 4.74 Å². The Hall–Kier alpha value is -1.18. The summed E-state index contributed by atoms with van der Waals surface area (Å²) >= 11 is 0. The van der Waals surface area contributed by atoms with E-state index in [4.69, 9.17) is 4.74 Å². The SMILES string of the molecule is CNc1cccc(OC)c1C1CC1(C)C. The molecule has 0 spiro atoms. The van der Waals surface area contributed by atoms with Crippen LogP contribution in [0.5, 0.6) is 5.75 Å². The summed E-state index contributed by atoms with van der Waals surface area (Å²) in [5, 5.41) is 3.25. The molecule has 0 amide bonds. The number of hydrogen-bond donors (Lipinski definition) is 1. The predicted molar refractivity (Wildman–Crippen MR) is 63.7 cm³/mol. The number of rotatable bonds is 3. The molecular formula is C13H19NO. The van der Waals surface area contributed by atoms with Crippen LogP contribution < -0.4 is 10.1 Å². The van der Waals surface area contributed by atoms with Crippen LogP contribution in [-0.4, -0.2) is 14.2 Å². The first-order chi connectivity index (χ1) is 7.10. The largest absolute Gasteiger partial charge is 0.496 e. The lowest BCUT2D eigenvalue weighted by Gasteiger charge is -2.14. The summed E-state index contributed by atoms with van der Waals surface area (Å²) in [5.74, 6) is 1.65. The maximum Gasteiger partial charge on any atom is 0.124 e. The molecule has 1 aliphatic rings. The van der Waals surface area contributed by atoms with E-state index in [9.17, 15) is 0 Å². The van der Waals surface area contributed by atoms with E-state index in [1.807, 2.05) is 19.2 Å². The van der Waals surface area contributed by atoms with Crippen LogP contribution in [0.1, 0.15) is 31.7 Å². The minimum absolute atomic E-state index is 0.431. The van der Waals surface area contributed by atoms with Gasteiger partial charge in [-0.3, -0.25) is 0 Å². The Morgan fingerprint density at radius 3 is 2.53 bits per heavy atom. The Kier molecular flexibility index (Phi) is 2.37. The lowest BCUT2D eigenvalue weighted by atomic mass is 10.0. The molecule has 1 fully saturated rings. The van der Waals surface area contributed by atoms with Gasteiger partial charge in [0.1, 0.15) is 5.75 Å². The van der Waals surface area contributed by atoms with E-state index in [2.05, 4.69) is 25.2 Å². The number of hydrogen-bond acceptors (Lipinski definition) is 2. The van der Waals surface area contributed by atoms with Gasteiger partial charge in [0.2, 0.25) is 0 Å². The van der Waals surface area contributed by atoms with Crippen molar-refractivity contribution >= 4 is 5.69 Å². The van der Waals surface area contributed by atoms with Gasteiger partial charge in [-0.1, -0.05) is 19.9 Å². The highest BCUT2D eigenvalue weighted by Gasteiger charge is 2.48. The molecule has 1 saturated carbocycles. The number of methoxy groups -OCH3 is 1. The number of benzene rings is 1. The van der Waals surface area contributed by atoms with Gasteiger partial charge in [-0.15, -0.1) is 0 Å². The highest BCUT2D eigenvalue weighted by atomic mass is 16.5. The van der Waals surface area contributed by atoms with E-state index in [0.717, 1.165) is 5.75 Å². The molecule has 0 heterocycles. The molecule has 1 aliphatic carbocycles. The predicted octanol–water partition coefficient (Wildman–Crippen LogP) is 3.25. The third kappa shape index (κ3) is 1.69. The van der Waals surface area contributed by atoms with Gasteiger partial charge in [-0.05, 0) is 29.9 Å². The fourth-order valence-corrected chi connectivity index (χ4v) is 2.26. The fourth-order valence-electron chi connectivity index (χ4n) is 2.26. The minimum atomic E-state index is 0.431. The third-order valence-electron chi connectivity index (χ3n) is 3.42. The van der Waals surface area contributed by atoms with Crippen LogP contribution in [0.3, 0.4) is 0 Å². The van der Waals surface area contributed by atoms with Gasteiger partial charge in [-0.25, -0.2) is 0 Å². The van der Waals surface area contributed by atoms with E-state index < -0.39 is 0 Å². The van der Waals surface area contributed by atoms with Crippen LogP contribution >= 0.6 is 0 Å². The van der Waals surface area contributed by atoms with Crippen LogP contribution in [0.2, 0.25) is 0 Å². The first kappa shape index (κ1) is 10.3. The van der Waals surface area contributed by atoms with Crippen LogP contribution in [0.25, 0.3) is 0 Å². The zero-order valence-electron chi connectivity index (χ0n) is 9.92. The quantitative estimate of drug-likeness (QED) is 0.817. The summed E-state index contributed by atoms with van der Waals surface area (Å²) in [6.07, 6.45) is 1.25. The van der Waals surface area contributed by atoms with E-state index in [1.165, 1.54) is 17.7 Å². The zero-order chi connectivity index (χ0) is 11.1. The average Bonchev–Trinajstić information content (AvgIpc) is 2.86. The zero-order valence-corrected chi connectivity index (χ0v) is 9.92. The molecular weight excluding hydrogens is 186 g/mol.